The molecular weight excluding hydrogens is 431 g/mol. The first kappa shape index (κ1) is 20.0. The van der Waals surface area contributed by atoms with Crippen molar-refractivity contribution in [1.82, 2.24) is 15.5 Å². The normalized spacial score (nSPS) is 29.7. The van der Waals surface area contributed by atoms with E-state index in [1.165, 1.54) is 30.7 Å². The summed E-state index contributed by atoms with van der Waals surface area (Å²) in [6.07, 6.45) is 3.80. The minimum Gasteiger partial charge on any atom is -0.356 e. The van der Waals surface area contributed by atoms with Crippen LogP contribution in [0, 0.1) is 11.3 Å². The summed E-state index contributed by atoms with van der Waals surface area (Å²) in [5, 5.41) is 9.33. The average Bonchev–Trinajstić information content (AvgIpc) is 2.92. The van der Waals surface area contributed by atoms with Crippen LogP contribution in [0.15, 0.2) is 22.5 Å². The molecule has 1 aliphatic carbocycles. The second-order valence-corrected chi connectivity index (χ2v) is 8.67. The second kappa shape index (κ2) is 8.36. The molecule has 0 aromatic carbocycles. The molecule has 136 valence electrons. The highest BCUT2D eigenvalue weighted by Gasteiger charge is 2.46. The topological polar surface area (TPSA) is 39.7 Å². The molecule has 0 amide bonds. The van der Waals surface area contributed by atoms with E-state index in [1.807, 2.05) is 18.4 Å². The van der Waals surface area contributed by atoms with E-state index in [0.717, 1.165) is 12.5 Å². The van der Waals surface area contributed by atoms with Gasteiger partial charge < -0.3 is 10.6 Å². The van der Waals surface area contributed by atoms with Crippen molar-refractivity contribution in [3.63, 3.8) is 0 Å². The zero-order valence-corrected chi connectivity index (χ0v) is 18.4. The number of guanidine groups is 1. The number of hydrogen-bond acceptors (Lipinski definition) is 3. The van der Waals surface area contributed by atoms with Crippen LogP contribution in [-0.4, -0.2) is 44.1 Å². The van der Waals surface area contributed by atoms with E-state index in [-0.39, 0.29) is 24.0 Å². The standard InChI is InChI=1S/C18H30N4S.HI/c1-18(2)11-15(18)21-17(19-3)20-12-13-7-5-9-22(4)16(13)14-8-6-10-23-14;/h6,8,10,13,15-16H,5,7,9,11-12H2,1-4H3,(H2,19,20,21);1H. The molecule has 6 heteroatoms. The molecule has 0 spiro atoms. The minimum atomic E-state index is 0. The Bertz CT molecular complexity index is 543. The zero-order chi connectivity index (χ0) is 16.4. The number of rotatable bonds is 4. The van der Waals surface area contributed by atoms with Crippen molar-refractivity contribution in [2.45, 2.75) is 45.2 Å². The summed E-state index contributed by atoms with van der Waals surface area (Å²) >= 11 is 1.88. The number of thiophene rings is 1. The summed E-state index contributed by atoms with van der Waals surface area (Å²) in [6, 6.07) is 5.55. The van der Waals surface area contributed by atoms with Crippen molar-refractivity contribution in [1.29, 1.82) is 0 Å². The SMILES string of the molecule is CN=C(NCC1CCCN(C)C1c1cccs1)NC1CC1(C)C.I. The van der Waals surface area contributed by atoms with Crippen LogP contribution in [0.1, 0.15) is 44.0 Å². The lowest BCUT2D eigenvalue weighted by Crippen LogP contribution is -2.45. The molecule has 1 saturated heterocycles. The third-order valence-electron chi connectivity index (χ3n) is 5.42. The van der Waals surface area contributed by atoms with Crippen LogP contribution < -0.4 is 10.6 Å². The maximum atomic E-state index is 4.41. The Morgan fingerprint density at radius 2 is 2.21 bits per heavy atom. The van der Waals surface area contributed by atoms with Gasteiger partial charge in [-0.1, -0.05) is 19.9 Å². The van der Waals surface area contributed by atoms with E-state index >= 15 is 0 Å². The summed E-state index contributed by atoms with van der Waals surface area (Å²) in [5.41, 5.74) is 0.419. The molecule has 2 aliphatic rings. The van der Waals surface area contributed by atoms with Gasteiger partial charge in [-0.25, -0.2) is 0 Å². The highest BCUT2D eigenvalue weighted by molar-refractivity contribution is 14.0. The highest BCUT2D eigenvalue weighted by Crippen LogP contribution is 2.44. The molecule has 3 unspecified atom stereocenters. The van der Waals surface area contributed by atoms with Crippen LogP contribution >= 0.6 is 35.3 Å². The Kier molecular flexibility index (Phi) is 6.96. The van der Waals surface area contributed by atoms with Crippen LogP contribution in [0.3, 0.4) is 0 Å². The molecule has 2 N–H and O–H groups in total. The number of nitrogens with one attached hydrogen (secondary N) is 2. The van der Waals surface area contributed by atoms with E-state index in [0.29, 0.717) is 23.4 Å². The zero-order valence-electron chi connectivity index (χ0n) is 15.2. The van der Waals surface area contributed by atoms with E-state index in [9.17, 15) is 0 Å². The Balaban J connectivity index is 0.00000208. The van der Waals surface area contributed by atoms with Gasteiger partial charge >= 0.3 is 0 Å². The van der Waals surface area contributed by atoms with Gasteiger partial charge in [-0.3, -0.25) is 9.89 Å². The van der Waals surface area contributed by atoms with E-state index in [1.54, 1.807) is 0 Å². The van der Waals surface area contributed by atoms with Gasteiger partial charge in [0, 0.05) is 30.6 Å². The van der Waals surface area contributed by atoms with Crippen molar-refractivity contribution in [3.05, 3.63) is 22.4 Å². The number of halogens is 1. The molecule has 2 fully saturated rings. The van der Waals surface area contributed by atoms with Gasteiger partial charge in [0.05, 0.1) is 0 Å². The number of piperidine rings is 1. The van der Waals surface area contributed by atoms with E-state index in [2.05, 4.69) is 58.9 Å². The molecule has 0 radical (unpaired) electrons. The van der Waals surface area contributed by atoms with Crippen LogP contribution in [0.4, 0.5) is 0 Å². The molecule has 3 atom stereocenters. The molecular formula is C18H31IN4S. The lowest BCUT2D eigenvalue weighted by molar-refractivity contribution is 0.125. The number of aliphatic imine (C=N–C) groups is 1. The molecule has 24 heavy (non-hydrogen) atoms. The fraction of sp³-hybridized carbons (Fsp3) is 0.722. The van der Waals surface area contributed by atoms with Gasteiger partial charge in [-0.2, -0.15) is 0 Å². The quantitative estimate of drug-likeness (QED) is 0.407. The van der Waals surface area contributed by atoms with Gasteiger partial charge in [0.25, 0.3) is 0 Å². The predicted octanol–water partition coefficient (Wildman–Crippen LogP) is 3.71. The van der Waals surface area contributed by atoms with E-state index < -0.39 is 0 Å². The summed E-state index contributed by atoms with van der Waals surface area (Å²) in [5.74, 6) is 1.59. The van der Waals surface area contributed by atoms with E-state index in [4.69, 9.17) is 0 Å². The fourth-order valence-corrected chi connectivity index (χ4v) is 4.67. The third kappa shape index (κ3) is 4.64. The summed E-state index contributed by atoms with van der Waals surface area (Å²) < 4.78 is 0. The Morgan fingerprint density at radius 1 is 1.46 bits per heavy atom. The monoisotopic (exact) mass is 462 g/mol. The van der Waals surface area contributed by atoms with Gasteiger partial charge in [0.1, 0.15) is 0 Å². The molecule has 1 aliphatic heterocycles. The molecule has 1 saturated carbocycles. The summed E-state index contributed by atoms with van der Waals surface area (Å²) in [4.78, 5) is 8.42. The summed E-state index contributed by atoms with van der Waals surface area (Å²) in [7, 11) is 4.13. The molecule has 1 aromatic rings. The lowest BCUT2D eigenvalue weighted by Gasteiger charge is -2.39. The maximum absolute atomic E-state index is 4.41. The van der Waals surface area contributed by atoms with Crippen LogP contribution in [0.2, 0.25) is 0 Å². The predicted molar refractivity (Wildman–Crippen MR) is 115 cm³/mol. The third-order valence-corrected chi connectivity index (χ3v) is 6.36. The summed E-state index contributed by atoms with van der Waals surface area (Å²) in [6.45, 7) is 6.80. The van der Waals surface area contributed by atoms with Crippen molar-refractivity contribution in [2.75, 3.05) is 27.2 Å². The average molecular weight is 462 g/mol. The van der Waals surface area contributed by atoms with Gasteiger partial charge in [0.15, 0.2) is 5.96 Å². The minimum absolute atomic E-state index is 0. The fourth-order valence-electron chi connectivity index (χ4n) is 3.68. The first-order valence-electron chi connectivity index (χ1n) is 8.72. The lowest BCUT2D eigenvalue weighted by atomic mass is 9.88. The van der Waals surface area contributed by atoms with Gasteiger partial charge in [-0.15, -0.1) is 35.3 Å². The van der Waals surface area contributed by atoms with Crippen LogP contribution in [-0.2, 0) is 0 Å². The Hall–Kier alpha value is -0.340. The molecule has 1 aromatic heterocycles. The van der Waals surface area contributed by atoms with Crippen LogP contribution in [0.25, 0.3) is 0 Å². The number of hydrogen-bond donors (Lipinski definition) is 2. The van der Waals surface area contributed by atoms with Crippen molar-refractivity contribution in [2.24, 2.45) is 16.3 Å². The Labute approximate surface area is 167 Å². The van der Waals surface area contributed by atoms with Crippen molar-refractivity contribution >= 4 is 41.3 Å². The first-order chi connectivity index (χ1) is 11.0. The van der Waals surface area contributed by atoms with Crippen molar-refractivity contribution in [3.8, 4) is 0 Å². The smallest absolute Gasteiger partial charge is 0.191 e. The van der Waals surface area contributed by atoms with Crippen molar-refractivity contribution < 1.29 is 0 Å². The second-order valence-electron chi connectivity index (χ2n) is 7.69. The van der Waals surface area contributed by atoms with Gasteiger partial charge in [0.2, 0.25) is 0 Å². The molecule has 2 heterocycles. The molecule has 4 nitrogen and oxygen atoms in total. The number of nitrogens with zero attached hydrogens (tertiary/aromatic N) is 2. The van der Waals surface area contributed by atoms with Gasteiger partial charge in [-0.05, 0) is 55.6 Å². The van der Waals surface area contributed by atoms with Crippen LogP contribution in [0.5, 0.6) is 0 Å². The molecule has 0 bridgehead atoms. The number of likely N-dealkylation sites (tertiary alicyclic amines) is 1. The Morgan fingerprint density at radius 3 is 2.79 bits per heavy atom. The first-order valence-corrected chi connectivity index (χ1v) is 9.60. The maximum Gasteiger partial charge on any atom is 0.191 e. The highest BCUT2D eigenvalue weighted by atomic mass is 127. The largest absolute Gasteiger partial charge is 0.356 e. The molecule has 3 rings (SSSR count).